The van der Waals surface area contributed by atoms with E-state index in [4.69, 9.17) is 4.98 Å². The Kier molecular flexibility index (Phi) is 5.84. The van der Waals surface area contributed by atoms with Gasteiger partial charge in [0.1, 0.15) is 5.82 Å². The smallest absolute Gasteiger partial charge is 0.261 e. The van der Waals surface area contributed by atoms with Gasteiger partial charge in [0.15, 0.2) is 0 Å². The molecule has 0 amide bonds. The Morgan fingerprint density at radius 3 is 2.50 bits per heavy atom. The number of aryl methyl sites for hydroxylation is 1. The van der Waals surface area contributed by atoms with Gasteiger partial charge in [-0.25, -0.2) is 4.98 Å². The topological polar surface area (TPSA) is 46.9 Å². The van der Waals surface area contributed by atoms with Gasteiger partial charge in [-0.3, -0.25) is 9.36 Å². The van der Waals surface area contributed by atoms with E-state index in [1.54, 1.807) is 0 Å². The van der Waals surface area contributed by atoms with Crippen LogP contribution < -0.4 is 10.9 Å². The summed E-state index contributed by atoms with van der Waals surface area (Å²) >= 11 is 0. The van der Waals surface area contributed by atoms with Crippen LogP contribution in [0.1, 0.15) is 49.7 Å². The lowest BCUT2D eigenvalue weighted by Gasteiger charge is -2.18. The van der Waals surface area contributed by atoms with Gasteiger partial charge in [0, 0.05) is 13.0 Å². The van der Waals surface area contributed by atoms with E-state index in [9.17, 15) is 4.79 Å². The number of hydrogen-bond acceptors (Lipinski definition) is 3. The first kappa shape index (κ1) is 18.3. The molecular weight excluding hydrogens is 322 g/mol. The van der Waals surface area contributed by atoms with Crippen LogP contribution in [0.25, 0.3) is 10.9 Å². The minimum Gasteiger partial charge on any atom is -0.309 e. The Balaban J connectivity index is 2.11. The lowest BCUT2D eigenvalue weighted by molar-refractivity contribution is 0.629. The zero-order chi connectivity index (χ0) is 18.5. The van der Waals surface area contributed by atoms with Crippen LogP contribution in [-0.4, -0.2) is 16.6 Å². The summed E-state index contributed by atoms with van der Waals surface area (Å²) in [6.07, 6.45) is 2.99. The highest BCUT2D eigenvalue weighted by Crippen LogP contribution is 2.24. The van der Waals surface area contributed by atoms with Crippen molar-refractivity contribution >= 4 is 10.9 Å². The summed E-state index contributed by atoms with van der Waals surface area (Å²) in [5.41, 5.74) is 3.11. The Morgan fingerprint density at radius 1 is 1.08 bits per heavy atom. The molecule has 0 aliphatic rings. The highest BCUT2D eigenvalue weighted by molar-refractivity contribution is 5.78. The maximum atomic E-state index is 13.0. The number of benzene rings is 2. The van der Waals surface area contributed by atoms with Crippen molar-refractivity contribution in [3.63, 3.8) is 0 Å². The standard InChI is InChI=1S/C22H27N3O/c1-4-6-12-20-24-19-14-13-17(15-18(19)22(26)25(20)5-2)21(23-3)16-10-8-7-9-11-16/h7-11,13-15,21,23H,4-6,12H2,1-3H3. The molecule has 0 radical (unpaired) electrons. The molecule has 0 fully saturated rings. The largest absolute Gasteiger partial charge is 0.309 e. The predicted molar refractivity (Wildman–Crippen MR) is 108 cm³/mol. The predicted octanol–water partition coefficient (Wildman–Crippen LogP) is 4.07. The summed E-state index contributed by atoms with van der Waals surface area (Å²) in [7, 11) is 1.94. The third kappa shape index (κ3) is 3.56. The second-order valence-electron chi connectivity index (χ2n) is 6.59. The van der Waals surface area contributed by atoms with Crippen LogP contribution in [0.5, 0.6) is 0 Å². The van der Waals surface area contributed by atoms with Gasteiger partial charge in [0.05, 0.1) is 16.9 Å². The average molecular weight is 349 g/mol. The monoisotopic (exact) mass is 349 g/mol. The molecule has 1 atom stereocenters. The van der Waals surface area contributed by atoms with Crippen LogP contribution in [-0.2, 0) is 13.0 Å². The molecular formula is C22H27N3O. The summed E-state index contributed by atoms with van der Waals surface area (Å²) in [4.78, 5) is 17.8. The van der Waals surface area contributed by atoms with Crippen LogP contribution in [0, 0.1) is 0 Å². The second-order valence-corrected chi connectivity index (χ2v) is 6.59. The molecule has 136 valence electrons. The van der Waals surface area contributed by atoms with Crippen molar-refractivity contribution in [1.82, 2.24) is 14.9 Å². The van der Waals surface area contributed by atoms with Crippen LogP contribution in [0.4, 0.5) is 0 Å². The molecule has 1 N–H and O–H groups in total. The number of fused-ring (bicyclic) bond motifs is 1. The third-order valence-electron chi connectivity index (χ3n) is 4.88. The molecule has 0 aliphatic heterocycles. The van der Waals surface area contributed by atoms with E-state index in [2.05, 4.69) is 30.4 Å². The van der Waals surface area contributed by atoms with Gasteiger partial charge in [0.25, 0.3) is 5.56 Å². The third-order valence-corrected chi connectivity index (χ3v) is 4.88. The van der Waals surface area contributed by atoms with Gasteiger partial charge in [-0.15, -0.1) is 0 Å². The average Bonchev–Trinajstić information content (AvgIpc) is 2.68. The first-order valence-electron chi connectivity index (χ1n) is 9.45. The highest BCUT2D eigenvalue weighted by Gasteiger charge is 2.15. The molecule has 0 bridgehead atoms. The van der Waals surface area contributed by atoms with Crippen LogP contribution in [0.15, 0.2) is 53.3 Å². The molecule has 3 rings (SSSR count). The van der Waals surface area contributed by atoms with Crippen molar-refractivity contribution in [1.29, 1.82) is 0 Å². The summed E-state index contributed by atoms with van der Waals surface area (Å²) < 4.78 is 1.82. The van der Waals surface area contributed by atoms with E-state index in [-0.39, 0.29) is 11.6 Å². The molecule has 1 aromatic heterocycles. The molecule has 26 heavy (non-hydrogen) atoms. The van der Waals surface area contributed by atoms with Gasteiger partial charge < -0.3 is 5.32 Å². The van der Waals surface area contributed by atoms with Crippen molar-refractivity contribution in [2.24, 2.45) is 0 Å². The molecule has 4 heteroatoms. The Hall–Kier alpha value is -2.46. The fourth-order valence-electron chi connectivity index (χ4n) is 3.49. The van der Waals surface area contributed by atoms with Crippen molar-refractivity contribution in [2.75, 3.05) is 7.05 Å². The van der Waals surface area contributed by atoms with E-state index in [1.807, 2.05) is 48.9 Å². The number of unbranched alkanes of at least 4 members (excludes halogenated alkanes) is 1. The highest BCUT2D eigenvalue weighted by atomic mass is 16.1. The van der Waals surface area contributed by atoms with Crippen molar-refractivity contribution in [3.05, 3.63) is 75.8 Å². The lowest BCUT2D eigenvalue weighted by atomic mass is 9.97. The van der Waals surface area contributed by atoms with Gasteiger partial charge in [-0.05, 0) is 43.7 Å². The maximum absolute atomic E-state index is 13.0. The fourth-order valence-corrected chi connectivity index (χ4v) is 3.49. The van der Waals surface area contributed by atoms with Gasteiger partial charge in [-0.2, -0.15) is 0 Å². The van der Waals surface area contributed by atoms with Crippen LogP contribution in [0.3, 0.4) is 0 Å². The van der Waals surface area contributed by atoms with Crippen molar-refractivity contribution < 1.29 is 0 Å². The van der Waals surface area contributed by atoms with Crippen LogP contribution >= 0.6 is 0 Å². The Bertz CT molecular complexity index is 931. The minimum atomic E-state index is 0.0508. The van der Waals surface area contributed by atoms with Gasteiger partial charge in [0.2, 0.25) is 0 Å². The lowest BCUT2D eigenvalue weighted by Crippen LogP contribution is -2.25. The Morgan fingerprint density at radius 2 is 1.85 bits per heavy atom. The number of nitrogens with one attached hydrogen (secondary N) is 1. The normalized spacial score (nSPS) is 12.4. The minimum absolute atomic E-state index is 0.0508. The van der Waals surface area contributed by atoms with Gasteiger partial charge in [-0.1, -0.05) is 49.7 Å². The summed E-state index contributed by atoms with van der Waals surface area (Å²) in [6.45, 7) is 4.82. The first-order valence-corrected chi connectivity index (χ1v) is 9.45. The SMILES string of the molecule is CCCCc1nc2ccc(C(NC)c3ccccc3)cc2c(=O)n1CC. The molecule has 0 saturated heterocycles. The van der Waals surface area contributed by atoms with E-state index >= 15 is 0 Å². The van der Waals surface area contributed by atoms with Gasteiger partial charge >= 0.3 is 0 Å². The maximum Gasteiger partial charge on any atom is 0.261 e. The number of nitrogens with zero attached hydrogens (tertiary/aromatic N) is 2. The quantitative estimate of drug-likeness (QED) is 0.699. The summed E-state index contributed by atoms with van der Waals surface area (Å²) in [6, 6.07) is 16.4. The summed E-state index contributed by atoms with van der Waals surface area (Å²) in [5, 5.41) is 4.05. The van der Waals surface area contributed by atoms with E-state index in [0.717, 1.165) is 36.2 Å². The molecule has 0 saturated carbocycles. The zero-order valence-electron chi connectivity index (χ0n) is 15.8. The molecule has 1 unspecified atom stereocenters. The van der Waals surface area contributed by atoms with E-state index in [0.29, 0.717) is 11.9 Å². The first-order chi connectivity index (χ1) is 12.7. The molecule has 4 nitrogen and oxygen atoms in total. The number of hydrogen-bond donors (Lipinski definition) is 1. The van der Waals surface area contributed by atoms with Crippen molar-refractivity contribution in [3.8, 4) is 0 Å². The number of aromatic nitrogens is 2. The molecule has 1 heterocycles. The molecule has 3 aromatic rings. The van der Waals surface area contributed by atoms with E-state index < -0.39 is 0 Å². The Labute approximate surface area is 154 Å². The summed E-state index contributed by atoms with van der Waals surface area (Å²) in [5.74, 6) is 0.896. The molecule has 2 aromatic carbocycles. The van der Waals surface area contributed by atoms with E-state index in [1.165, 1.54) is 5.56 Å². The fraction of sp³-hybridized carbons (Fsp3) is 0.364. The zero-order valence-corrected chi connectivity index (χ0v) is 15.8. The van der Waals surface area contributed by atoms with Crippen LogP contribution in [0.2, 0.25) is 0 Å². The second kappa shape index (κ2) is 8.28. The van der Waals surface area contributed by atoms with Crippen molar-refractivity contribution in [2.45, 2.75) is 45.7 Å². The molecule has 0 aliphatic carbocycles. The molecule has 0 spiro atoms. The number of rotatable bonds is 7.